The third-order valence-electron chi connectivity index (χ3n) is 4.87. The van der Waals surface area contributed by atoms with Crippen molar-refractivity contribution >= 4 is 11.1 Å². The van der Waals surface area contributed by atoms with Gasteiger partial charge in [0.05, 0.1) is 7.11 Å². The Balaban J connectivity index is 2.07. The molecular weight excluding hydrogens is 376 g/mol. The van der Waals surface area contributed by atoms with Gasteiger partial charge in [0.2, 0.25) is 5.88 Å². The second-order valence-corrected chi connectivity index (χ2v) is 6.82. The van der Waals surface area contributed by atoms with Gasteiger partial charge in [-0.25, -0.2) is 4.98 Å². The van der Waals surface area contributed by atoms with Gasteiger partial charge in [-0.1, -0.05) is 31.2 Å². The number of phenols is 1. The van der Waals surface area contributed by atoms with E-state index >= 15 is 0 Å². The molecule has 0 radical (unpaired) electrons. The molecule has 2 N–H and O–H groups in total. The molecular formula is C25H28N2O3. The Morgan fingerprint density at radius 3 is 2.10 bits per heavy atom. The van der Waals surface area contributed by atoms with Crippen molar-refractivity contribution in [3.05, 3.63) is 83.6 Å². The van der Waals surface area contributed by atoms with Gasteiger partial charge in [-0.15, -0.1) is 0 Å². The van der Waals surface area contributed by atoms with Crippen molar-refractivity contribution in [2.24, 2.45) is 0 Å². The Morgan fingerprint density at radius 2 is 1.57 bits per heavy atom. The van der Waals surface area contributed by atoms with E-state index in [1.54, 1.807) is 19.2 Å². The van der Waals surface area contributed by atoms with Gasteiger partial charge in [-0.3, -0.25) is 0 Å². The van der Waals surface area contributed by atoms with E-state index in [4.69, 9.17) is 9.47 Å². The number of phenolic OH excluding ortho intramolecular Hbond substituents is 1. The third-order valence-corrected chi connectivity index (χ3v) is 4.87. The zero-order valence-corrected chi connectivity index (χ0v) is 17.7. The predicted octanol–water partition coefficient (Wildman–Crippen LogP) is 4.76. The van der Waals surface area contributed by atoms with E-state index in [9.17, 15) is 5.11 Å². The molecule has 0 spiro atoms. The highest BCUT2D eigenvalue weighted by Gasteiger charge is 2.14. The van der Waals surface area contributed by atoms with E-state index in [1.807, 2.05) is 49.6 Å². The van der Waals surface area contributed by atoms with Crippen molar-refractivity contribution < 1.29 is 14.6 Å². The number of benzene rings is 2. The summed E-state index contributed by atoms with van der Waals surface area (Å²) < 4.78 is 11.0. The molecule has 5 heteroatoms. The SMILES string of the molecule is CCC(=C(c1ccc(O)cc1)c1ccc(OCCNC)cc1)c1ccc(OC)nc1. The molecule has 5 nitrogen and oxygen atoms in total. The molecule has 1 heterocycles. The molecule has 0 atom stereocenters. The summed E-state index contributed by atoms with van der Waals surface area (Å²) in [5.41, 5.74) is 5.42. The highest BCUT2D eigenvalue weighted by molar-refractivity contribution is 5.98. The maximum atomic E-state index is 9.76. The lowest BCUT2D eigenvalue weighted by atomic mass is 9.88. The van der Waals surface area contributed by atoms with Gasteiger partial charge >= 0.3 is 0 Å². The largest absolute Gasteiger partial charge is 0.508 e. The smallest absolute Gasteiger partial charge is 0.212 e. The summed E-state index contributed by atoms with van der Waals surface area (Å²) in [5.74, 6) is 1.67. The van der Waals surface area contributed by atoms with Crippen LogP contribution in [-0.4, -0.2) is 37.4 Å². The lowest BCUT2D eigenvalue weighted by Gasteiger charge is -2.17. The lowest BCUT2D eigenvalue weighted by Crippen LogP contribution is -2.15. The third kappa shape index (κ3) is 5.19. The molecule has 30 heavy (non-hydrogen) atoms. The molecule has 2 aromatic carbocycles. The van der Waals surface area contributed by atoms with Gasteiger partial charge in [0.1, 0.15) is 18.1 Å². The molecule has 3 aromatic rings. The molecule has 0 aliphatic carbocycles. The number of allylic oxidation sites excluding steroid dienone is 1. The van der Waals surface area contributed by atoms with Crippen LogP contribution in [0.4, 0.5) is 0 Å². The molecule has 156 valence electrons. The van der Waals surface area contributed by atoms with Crippen LogP contribution >= 0.6 is 0 Å². The number of methoxy groups -OCH3 is 1. The van der Waals surface area contributed by atoms with E-state index in [0.29, 0.717) is 12.5 Å². The Bertz CT molecular complexity index is 963. The van der Waals surface area contributed by atoms with Crippen molar-refractivity contribution in [1.82, 2.24) is 10.3 Å². The van der Waals surface area contributed by atoms with Crippen molar-refractivity contribution in [1.29, 1.82) is 0 Å². The van der Waals surface area contributed by atoms with E-state index in [1.165, 1.54) is 5.57 Å². The molecule has 0 bridgehead atoms. The predicted molar refractivity (Wildman–Crippen MR) is 121 cm³/mol. The van der Waals surface area contributed by atoms with Gasteiger partial charge in [-0.05, 0) is 71.6 Å². The fraction of sp³-hybridized carbons (Fsp3) is 0.240. The van der Waals surface area contributed by atoms with Crippen LogP contribution in [-0.2, 0) is 0 Å². The molecule has 0 unspecified atom stereocenters. The number of aromatic nitrogens is 1. The number of likely N-dealkylation sites (N-methyl/N-ethyl adjacent to an activating group) is 1. The lowest BCUT2D eigenvalue weighted by molar-refractivity contribution is 0.318. The zero-order valence-electron chi connectivity index (χ0n) is 17.7. The first-order valence-corrected chi connectivity index (χ1v) is 10.1. The van der Waals surface area contributed by atoms with Gasteiger partial charge in [0, 0.05) is 18.8 Å². The Hall–Kier alpha value is -3.31. The van der Waals surface area contributed by atoms with Crippen molar-refractivity contribution in [2.75, 3.05) is 27.3 Å². The summed E-state index contributed by atoms with van der Waals surface area (Å²) in [6.45, 7) is 3.55. The van der Waals surface area contributed by atoms with Crippen LogP contribution in [0.5, 0.6) is 17.4 Å². The number of pyridine rings is 1. The first-order valence-electron chi connectivity index (χ1n) is 10.1. The summed E-state index contributed by atoms with van der Waals surface area (Å²) in [4.78, 5) is 4.38. The number of aromatic hydroxyl groups is 1. The topological polar surface area (TPSA) is 63.6 Å². The normalized spacial score (nSPS) is 11.7. The van der Waals surface area contributed by atoms with Crippen LogP contribution in [0.15, 0.2) is 66.9 Å². The van der Waals surface area contributed by atoms with Crippen LogP contribution < -0.4 is 14.8 Å². The number of rotatable bonds is 9. The summed E-state index contributed by atoms with van der Waals surface area (Å²) >= 11 is 0. The van der Waals surface area contributed by atoms with E-state index in [2.05, 4.69) is 29.4 Å². The van der Waals surface area contributed by atoms with Gasteiger partial charge < -0.3 is 19.9 Å². The van der Waals surface area contributed by atoms with Crippen molar-refractivity contribution in [3.8, 4) is 17.4 Å². The maximum Gasteiger partial charge on any atom is 0.212 e. The number of ether oxygens (including phenoxy) is 2. The molecule has 1 aromatic heterocycles. The number of hydrogen-bond acceptors (Lipinski definition) is 5. The molecule has 3 rings (SSSR count). The monoisotopic (exact) mass is 404 g/mol. The van der Waals surface area contributed by atoms with Gasteiger partial charge in [0.25, 0.3) is 0 Å². The van der Waals surface area contributed by atoms with Gasteiger partial charge in [-0.2, -0.15) is 0 Å². The fourth-order valence-corrected chi connectivity index (χ4v) is 3.34. The molecule has 0 saturated carbocycles. The molecule has 0 aliphatic rings. The molecule has 0 fully saturated rings. The van der Waals surface area contributed by atoms with Crippen LogP contribution in [0.3, 0.4) is 0 Å². The van der Waals surface area contributed by atoms with Gasteiger partial charge in [0.15, 0.2) is 0 Å². The van der Waals surface area contributed by atoms with E-state index in [0.717, 1.165) is 41.0 Å². The second kappa shape index (κ2) is 10.5. The van der Waals surface area contributed by atoms with Crippen LogP contribution in [0, 0.1) is 0 Å². The highest BCUT2D eigenvalue weighted by atomic mass is 16.5. The number of hydrogen-bond donors (Lipinski definition) is 2. The minimum absolute atomic E-state index is 0.246. The Kier molecular flexibility index (Phi) is 7.46. The van der Waals surface area contributed by atoms with E-state index < -0.39 is 0 Å². The van der Waals surface area contributed by atoms with Crippen molar-refractivity contribution in [2.45, 2.75) is 13.3 Å². The minimum atomic E-state index is 0.246. The Morgan fingerprint density at radius 1 is 0.933 bits per heavy atom. The molecule has 0 saturated heterocycles. The quantitative estimate of drug-likeness (QED) is 0.503. The summed E-state index contributed by atoms with van der Waals surface area (Å²) in [7, 11) is 3.52. The average molecular weight is 405 g/mol. The highest BCUT2D eigenvalue weighted by Crippen LogP contribution is 2.35. The first-order chi connectivity index (χ1) is 14.7. The minimum Gasteiger partial charge on any atom is -0.508 e. The van der Waals surface area contributed by atoms with Crippen LogP contribution in [0.1, 0.15) is 30.0 Å². The van der Waals surface area contributed by atoms with Crippen LogP contribution in [0.2, 0.25) is 0 Å². The number of nitrogens with zero attached hydrogens (tertiary/aromatic N) is 1. The summed E-state index contributed by atoms with van der Waals surface area (Å²) in [6, 6.07) is 19.3. The Labute approximate surface area is 178 Å². The number of nitrogens with one attached hydrogen (secondary N) is 1. The summed E-state index contributed by atoms with van der Waals surface area (Å²) in [6.07, 6.45) is 2.66. The summed E-state index contributed by atoms with van der Waals surface area (Å²) in [5, 5.41) is 12.8. The molecule has 0 amide bonds. The van der Waals surface area contributed by atoms with E-state index in [-0.39, 0.29) is 5.75 Å². The average Bonchev–Trinajstić information content (AvgIpc) is 2.79. The van der Waals surface area contributed by atoms with Crippen LogP contribution in [0.25, 0.3) is 11.1 Å². The first kappa shape index (κ1) is 21.4. The maximum absolute atomic E-state index is 9.76. The zero-order chi connectivity index (χ0) is 21.3. The fourth-order valence-electron chi connectivity index (χ4n) is 3.34. The van der Waals surface area contributed by atoms with Crippen molar-refractivity contribution in [3.63, 3.8) is 0 Å². The second-order valence-electron chi connectivity index (χ2n) is 6.82. The standard InChI is InChI=1S/C25H28N2O3/c1-4-23(20-9-14-24(29-3)27-17-20)25(18-5-10-21(28)11-6-18)19-7-12-22(13-8-19)30-16-15-26-2/h5-14,17,26,28H,4,15-16H2,1-3H3. The molecule has 0 aliphatic heterocycles.